The van der Waals surface area contributed by atoms with Crippen LogP contribution in [0.15, 0.2) is 91.0 Å². The lowest BCUT2D eigenvalue weighted by molar-refractivity contribution is -0.384. The number of nitrogens with zero attached hydrogens (tertiary/aromatic N) is 3. The van der Waals surface area contributed by atoms with Gasteiger partial charge in [0.2, 0.25) is 11.8 Å². The first-order valence-electron chi connectivity index (χ1n) is 12.8. The average molecular weight is 550 g/mol. The fourth-order valence-electron chi connectivity index (χ4n) is 6.42. The third-order valence-corrected chi connectivity index (χ3v) is 8.44. The van der Waals surface area contributed by atoms with Crippen molar-refractivity contribution in [3.05, 3.63) is 117 Å². The number of hydrogen-bond donors (Lipinski definition) is 0. The molecule has 0 aliphatic carbocycles. The van der Waals surface area contributed by atoms with Crippen LogP contribution in [0.3, 0.4) is 0 Å². The summed E-state index contributed by atoms with van der Waals surface area (Å²) >= 11 is 6.36. The van der Waals surface area contributed by atoms with Crippen LogP contribution in [0.5, 0.6) is 0 Å². The zero-order valence-electron chi connectivity index (χ0n) is 20.8. The lowest BCUT2D eigenvalue weighted by Gasteiger charge is -2.37. The SMILES string of the molecule is O=C(c1ccccc1)[C@@H]1[C@@H]2C(=O)N(c3cc([N+](=O)[O-])ccc3Cl)C(=O)[C@@H]2[C@H]2C=Cc3c(ccc4ccccc34)N21. The summed E-state index contributed by atoms with van der Waals surface area (Å²) in [6.07, 6.45) is 3.83. The number of anilines is 2. The van der Waals surface area contributed by atoms with E-state index in [4.69, 9.17) is 11.6 Å². The van der Waals surface area contributed by atoms with Crippen molar-refractivity contribution in [1.29, 1.82) is 0 Å². The molecule has 3 aliphatic rings. The molecule has 4 aromatic rings. The van der Waals surface area contributed by atoms with Crippen LogP contribution in [0.2, 0.25) is 5.02 Å². The molecule has 3 heterocycles. The van der Waals surface area contributed by atoms with Gasteiger partial charge in [0.1, 0.15) is 6.04 Å². The van der Waals surface area contributed by atoms with E-state index in [2.05, 4.69) is 0 Å². The van der Waals surface area contributed by atoms with Crippen molar-refractivity contribution in [2.24, 2.45) is 11.8 Å². The van der Waals surface area contributed by atoms with E-state index in [0.29, 0.717) is 5.56 Å². The van der Waals surface area contributed by atoms with Gasteiger partial charge in [0.05, 0.1) is 33.5 Å². The van der Waals surface area contributed by atoms with Gasteiger partial charge in [-0.15, -0.1) is 0 Å². The van der Waals surface area contributed by atoms with Crippen molar-refractivity contribution in [2.75, 3.05) is 9.80 Å². The van der Waals surface area contributed by atoms with Crippen LogP contribution in [0.1, 0.15) is 15.9 Å². The number of halogens is 1. The molecule has 0 aromatic heterocycles. The molecule has 8 nitrogen and oxygen atoms in total. The summed E-state index contributed by atoms with van der Waals surface area (Å²) < 4.78 is 0. The van der Waals surface area contributed by atoms with Gasteiger partial charge in [-0.25, -0.2) is 4.90 Å². The minimum atomic E-state index is -1.01. The Kier molecular flexibility index (Phi) is 5.37. The third-order valence-electron chi connectivity index (χ3n) is 8.12. The smallest absolute Gasteiger partial charge is 0.271 e. The largest absolute Gasteiger partial charge is 0.352 e. The molecular formula is C31H20ClN3O5. The number of rotatable bonds is 4. The summed E-state index contributed by atoms with van der Waals surface area (Å²) in [6, 6.07) is 22.6. The Morgan fingerprint density at radius 2 is 1.57 bits per heavy atom. The Balaban J connectivity index is 1.40. The molecule has 3 aliphatic heterocycles. The fraction of sp³-hybridized carbons (Fsp3) is 0.129. The van der Waals surface area contributed by atoms with Crippen molar-refractivity contribution in [3.63, 3.8) is 0 Å². The fourth-order valence-corrected chi connectivity index (χ4v) is 6.63. The first-order chi connectivity index (χ1) is 19.4. The molecular weight excluding hydrogens is 530 g/mol. The summed E-state index contributed by atoms with van der Waals surface area (Å²) in [7, 11) is 0. The van der Waals surface area contributed by atoms with Gasteiger partial charge in [0.25, 0.3) is 5.69 Å². The predicted octanol–water partition coefficient (Wildman–Crippen LogP) is 5.67. The van der Waals surface area contributed by atoms with E-state index in [1.165, 1.54) is 12.1 Å². The molecule has 4 aromatic carbocycles. The van der Waals surface area contributed by atoms with Crippen LogP contribution in [0.25, 0.3) is 16.8 Å². The molecule has 2 amide bonds. The number of nitro groups is 1. The number of carbonyl (C=O) groups is 3. The molecule has 40 heavy (non-hydrogen) atoms. The number of imide groups is 1. The zero-order valence-corrected chi connectivity index (χ0v) is 21.6. The van der Waals surface area contributed by atoms with Gasteiger partial charge in [-0.05, 0) is 22.9 Å². The number of benzene rings is 4. The van der Waals surface area contributed by atoms with Gasteiger partial charge < -0.3 is 4.90 Å². The molecule has 2 fully saturated rings. The first kappa shape index (κ1) is 24.2. The maximum Gasteiger partial charge on any atom is 0.271 e. The van der Waals surface area contributed by atoms with E-state index in [1.807, 2.05) is 53.5 Å². The van der Waals surface area contributed by atoms with Gasteiger partial charge in [0.15, 0.2) is 5.78 Å². The Morgan fingerprint density at radius 1 is 0.850 bits per heavy atom. The predicted molar refractivity (Wildman–Crippen MR) is 151 cm³/mol. The highest BCUT2D eigenvalue weighted by Gasteiger charge is 2.64. The van der Waals surface area contributed by atoms with E-state index in [1.54, 1.807) is 30.3 Å². The van der Waals surface area contributed by atoms with E-state index >= 15 is 0 Å². The van der Waals surface area contributed by atoms with Crippen LogP contribution in [0.4, 0.5) is 17.1 Å². The molecule has 0 N–H and O–H groups in total. The minimum Gasteiger partial charge on any atom is -0.352 e. The van der Waals surface area contributed by atoms with Crippen molar-refractivity contribution in [1.82, 2.24) is 0 Å². The number of amides is 2. The summed E-state index contributed by atoms with van der Waals surface area (Å²) in [5.74, 6) is -3.30. The maximum absolute atomic E-state index is 14.2. The van der Waals surface area contributed by atoms with Crippen molar-refractivity contribution in [2.45, 2.75) is 12.1 Å². The second-order valence-electron chi connectivity index (χ2n) is 10.1. The van der Waals surface area contributed by atoms with Crippen molar-refractivity contribution >= 4 is 63.1 Å². The monoisotopic (exact) mass is 549 g/mol. The second kappa shape index (κ2) is 8.86. The van der Waals surface area contributed by atoms with Gasteiger partial charge in [0, 0.05) is 28.9 Å². The average Bonchev–Trinajstić information content (AvgIpc) is 3.45. The summed E-state index contributed by atoms with van der Waals surface area (Å²) in [5.41, 5.74) is 1.77. The number of non-ortho nitro benzene ring substituents is 1. The number of nitro benzene ring substituents is 1. The molecule has 196 valence electrons. The van der Waals surface area contributed by atoms with E-state index in [-0.39, 0.29) is 22.2 Å². The number of Topliss-reactive ketones (excluding diaryl/α,β-unsaturated/α-hetero) is 1. The third kappa shape index (κ3) is 3.36. The van der Waals surface area contributed by atoms with Gasteiger partial charge in [-0.2, -0.15) is 0 Å². The molecule has 9 heteroatoms. The highest BCUT2D eigenvalue weighted by Crippen LogP contribution is 2.51. The summed E-state index contributed by atoms with van der Waals surface area (Å²) in [5, 5.41) is 13.5. The van der Waals surface area contributed by atoms with Crippen molar-refractivity contribution < 1.29 is 19.3 Å². The molecule has 0 saturated carbocycles. The molecule has 0 radical (unpaired) electrons. The first-order valence-corrected chi connectivity index (χ1v) is 13.1. The molecule has 7 rings (SSSR count). The van der Waals surface area contributed by atoms with Crippen LogP contribution < -0.4 is 9.80 Å². The van der Waals surface area contributed by atoms with Gasteiger partial charge in [-0.1, -0.05) is 84.4 Å². The molecule has 0 bridgehead atoms. The van der Waals surface area contributed by atoms with Crippen LogP contribution >= 0.6 is 11.6 Å². The maximum atomic E-state index is 14.2. The molecule has 0 unspecified atom stereocenters. The number of hydrogen-bond acceptors (Lipinski definition) is 6. The van der Waals surface area contributed by atoms with E-state index in [0.717, 1.165) is 33.0 Å². The summed E-state index contributed by atoms with van der Waals surface area (Å²) in [6.45, 7) is 0. The van der Waals surface area contributed by atoms with E-state index < -0.39 is 40.7 Å². The second-order valence-corrected chi connectivity index (χ2v) is 10.5. The molecule has 4 atom stereocenters. The van der Waals surface area contributed by atoms with Crippen LogP contribution in [-0.2, 0) is 9.59 Å². The molecule has 2 saturated heterocycles. The Bertz CT molecular complexity index is 1800. The number of carbonyl (C=O) groups excluding carboxylic acids is 3. The van der Waals surface area contributed by atoms with E-state index in [9.17, 15) is 24.5 Å². The molecule has 0 spiro atoms. The normalized spacial score (nSPS) is 22.8. The Morgan fingerprint density at radius 3 is 2.35 bits per heavy atom. The number of ketones is 1. The van der Waals surface area contributed by atoms with Gasteiger partial charge in [-0.3, -0.25) is 24.5 Å². The lowest BCUT2D eigenvalue weighted by atomic mass is 9.86. The van der Waals surface area contributed by atoms with Crippen molar-refractivity contribution in [3.8, 4) is 0 Å². The topological polar surface area (TPSA) is 101 Å². The highest BCUT2D eigenvalue weighted by atomic mass is 35.5. The highest BCUT2D eigenvalue weighted by molar-refractivity contribution is 6.36. The summed E-state index contributed by atoms with van der Waals surface area (Å²) in [4.78, 5) is 56.0. The van der Waals surface area contributed by atoms with Crippen LogP contribution in [0, 0.1) is 22.0 Å². The standard InChI is InChI=1S/C31H20ClN3O5/c32-22-13-11-19(35(39)40)16-25(22)34-30(37)26-24-15-12-21-20-9-5-4-6-17(20)10-14-23(21)33(24)28(27(26)31(34)38)29(36)18-7-2-1-3-8-18/h1-16,24,26-28H/t24-,26-,27-,28+/m1/s1. The zero-order chi connectivity index (χ0) is 27.7. The Labute approximate surface area is 233 Å². The van der Waals surface area contributed by atoms with Gasteiger partial charge >= 0.3 is 0 Å². The lowest BCUT2D eigenvalue weighted by Crippen LogP contribution is -2.48. The number of fused-ring (bicyclic) bond motifs is 7. The minimum absolute atomic E-state index is 0.0334. The quantitative estimate of drug-likeness (QED) is 0.141. The Hall–Kier alpha value is -4.82. The van der Waals surface area contributed by atoms with Crippen LogP contribution in [-0.4, -0.2) is 34.6 Å².